The maximum atomic E-state index is 12.6. The van der Waals surface area contributed by atoms with Gasteiger partial charge in [-0.3, -0.25) is 14.6 Å². The average Bonchev–Trinajstić information content (AvgIpc) is 2.72. The number of amides is 2. The maximum Gasteiger partial charge on any atom is 0.255 e. The lowest BCUT2D eigenvalue weighted by molar-refractivity contribution is 0.0501. The van der Waals surface area contributed by atoms with E-state index in [9.17, 15) is 9.59 Å². The lowest BCUT2D eigenvalue weighted by Crippen LogP contribution is -2.50. The van der Waals surface area contributed by atoms with Gasteiger partial charge in [0.25, 0.3) is 11.8 Å². The third-order valence-electron chi connectivity index (χ3n) is 5.01. The Hall–Kier alpha value is -3.18. The van der Waals surface area contributed by atoms with Crippen LogP contribution in [0.2, 0.25) is 5.02 Å². The van der Waals surface area contributed by atoms with E-state index in [4.69, 9.17) is 11.6 Å². The predicted molar refractivity (Wildman–Crippen MR) is 113 cm³/mol. The molecule has 0 unspecified atom stereocenters. The molecule has 0 spiro atoms. The molecule has 2 heterocycles. The number of carbonyl (C=O) groups excluding carboxylic acids is 2. The third kappa shape index (κ3) is 4.63. The topological polar surface area (TPSA) is 62.3 Å². The van der Waals surface area contributed by atoms with Crippen molar-refractivity contribution in [3.8, 4) is 0 Å². The Kier molecular flexibility index (Phi) is 5.58. The smallest absolute Gasteiger partial charge is 0.255 e. The molecule has 1 aliphatic heterocycles. The van der Waals surface area contributed by atoms with Crippen molar-refractivity contribution >= 4 is 29.1 Å². The standard InChI is InChI=1S/C23H20ClN3O2/c24-20-5-1-16(2-6-20)13-17-14-27(15-17)23(29)19-3-7-21(8-4-19)26-22(28)18-9-11-25-12-10-18/h1-12,17H,13-15H2,(H,26,28). The largest absolute Gasteiger partial charge is 0.338 e. The van der Waals surface area contributed by atoms with Gasteiger partial charge in [-0.05, 0) is 66.4 Å². The minimum atomic E-state index is -0.209. The number of nitrogens with zero attached hydrogens (tertiary/aromatic N) is 2. The molecular weight excluding hydrogens is 386 g/mol. The highest BCUT2D eigenvalue weighted by Gasteiger charge is 2.31. The molecule has 0 saturated carbocycles. The van der Waals surface area contributed by atoms with Crippen LogP contribution in [0.4, 0.5) is 5.69 Å². The van der Waals surface area contributed by atoms with Gasteiger partial charge in [0, 0.05) is 47.3 Å². The first-order valence-corrected chi connectivity index (χ1v) is 9.81. The first-order chi connectivity index (χ1) is 14.1. The van der Waals surface area contributed by atoms with Crippen LogP contribution >= 0.6 is 11.6 Å². The van der Waals surface area contributed by atoms with Crippen LogP contribution in [-0.2, 0) is 6.42 Å². The first-order valence-electron chi connectivity index (χ1n) is 9.43. The van der Waals surface area contributed by atoms with Crippen LogP contribution in [-0.4, -0.2) is 34.8 Å². The van der Waals surface area contributed by atoms with Crippen molar-refractivity contribution in [2.24, 2.45) is 5.92 Å². The summed E-state index contributed by atoms with van der Waals surface area (Å²) < 4.78 is 0. The summed E-state index contributed by atoms with van der Waals surface area (Å²) in [5, 5.41) is 3.55. The summed E-state index contributed by atoms with van der Waals surface area (Å²) in [6.07, 6.45) is 4.09. The SMILES string of the molecule is O=C(Nc1ccc(C(=O)N2CC(Cc3ccc(Cl)cc3)C2)cc1)c1ccncc1. The molecule has 146 valence electrons. The summed E-state index contributed by atoms with van der Waals surface area (Å²) in [7, 11) is 0. The fraction of sp³-hybridized carbons (Fsp3) is 0.174. The molecule has 2 amide bonds. The minimum absolute atomic E-state index is 0.0179. The minimum Gasteiger partial charge on any atom is -0.338 e. The molecule has 3 aromatic rings. The number of nitrogens with one attached hydrogen (secondary N) is 1. The first kappa shape index (κ1) is 19.2. The normalized spacial score (nSPS) is 13.6. The third-order valence-corrected chi connectivity index (χ3v) is 5.27. The van der Waals surface area contributed by atoms with Gasteiger partial charge in [0.1, 0.15) is 0 Å². The van der Waals surface area contributed by atoms with E-state index in [2.05, 4.69) is 10.3 Å². The molecule has 29 heavy (non-hydrogen) atoms. The summed E-state index contributed by atoms with van der Waals surface area (Å²) in [6, 6.07) is 18.1. The second-order valence-electron chi connectivity index (χ2n) is 7.17. The lowest BCUT2D eigenvalue weighted by atomic mass is 9.91. The van der Waals surface area contributed by atoms with Crippen molar-refractivity contribution < 1.29 is 9.59 Å². The molecule has 1 saturated heterocycles. The molecule has 4 rings (SSSR count). The number of aromatic nitrogens is 1. The number of anilines is 1. The van der Waals surface area contributed by atoms with Gasteiger partial charge in [-0.15, -0.1) is 0 Å². The fourth-order valence-electron chi connectivity index (χ4n) is 3.40. The monoisotopic (exact) mass is 405 g/mol. The second-order valence-corrected chi connectivity index (χ2v) is 7.61. The van der Waals surface area contributed by atoms with Crippen molar-refractivity contribution in [3.63, 3.8) is 0 Å². The number of carbonyl (C=O) groups is 2. The zero-order valence-corrected chi connectivity index (χ0v) is 16.5. The number of hydrogen-bond donors (Lipinski definition) is 1. The summed E-state index contributed by atoms with van der Waals surface area (Å²) >= 11 is 5.92. The van der Waals surface area contributed by atoms with E-state index in [0.29, 0.717) is 22.7 Å². The summed E-state index contributed by atoms with van der Waals surface area (Å²) in [4.78, 5) is 30.6. The van der Waals surface area contributed by atoms with E-state index in [1.54, 1.807) is 48.8 Å². The van der Waals surface area contributed by atoms with Gasteiger partial charge in [0.15, 0.2) is 0 Å². The number of likely N-dealkylation sites (tertiary alicyclic amines) is 1. The van der Waals surface area contributed by atoms with Crippen LogP contribution in [0.3, 0.4) is 0 Å². The van der Waals surface area contributed by atoms with Gasteiger partial charge in [0.05, 0.1) is 0 Å². The number of halogens is 1. The van der Waals surface area contributed by atoms with Gasteiger partial charge >= 0.3 is 0 Å². The Morgan fingerprint density at radius 2 is 1.59 bits per heavy atom. The van der Waals surface area contributed by atoms with Crippen molar-refractivity contribution in [2.75, 3.05) is 18.4 Å². The molecule has 1 fully saturated rings. The highest BCUT2D eigenvalue weighted by Crippen LogP contribution is 2.24. The number of pyridine rings is 1. The van der Waals surface area contributed by atoms with E-state index in [1.807, 2.05) is 29.2 Å². The molecule has 2 aromatic carbocycles. The second kappa shape index (κ2) is 8.45. The highest BCUT2D eigenvalue weighted by atomic mass is 35.5. The van der Waals surface area contributed by atoms with Crippen molar-refractivity contribution in [1.29, 1.82) is 0 Å². The number of hydrogen-bond acceptors (Lipinski definition) is 3. The predicted octanol–water partition coefficient (Wildman–Crippen LogP) is 4.30. The average molecular weight is 406 g/mol. The van der Waals surface area contributed by atoms with Gasteiger partial charge in [0.2, 0.25) is 0 Å². The molecule has 6 heteroatoms. The van der Waals surface area contributed by atoms with Gasteiger partial charge in [-0.25, -0.2) is 0 Å². The molecule has 5 nitrogen and oxygen atoms in total. The Balaban J connectivity index is 1.30. The Bertz CT molecular complexity index is 999. The molecule has 0 bridgehead atoms. The van der Waals surface area contributed by atoms with E-state index in [0.717, 1.165) is 24.5 Å². The zero-order valence-electron chi connectivity index (χ0n) is 15.7. The Morgan fingerprint density at radius 3 is 2.24 bits per heavy atom. The molecular formula is C23H20ClN3O2. The van der Waals surface area contributed by atoms with E-state index in [-0.39, 0.29) is 11.8 Å². The van der Waals surface area contributed by atoms with Crippen LogP contribution in [0.5, 0.6) is 0 Å². The molecule has 0 radical (unpaired) electrons. The lowest BCUT2D eigenvalue weighted by Gasteiger charge is -2.39. The molecule has 1 aliphatic rings. The van der Waals surface area contributed by atoms with Crippen LogP contribution in [0.15, 0.2) is 73.1 Å². The molecule has 1 aromatic heterocycles. The molecule has 0 aliphatic carbocycles. The van der Waals surface area contributed by atoms with E-state index >= 15 is 0 Å². The van der Waals surface area contributed by atoms with Gasteiger partial charge < -0.3 is 10.2 Å². The summed E-state index contributed by atoms with van der Waals surface area (Å²) in [5.74, 6) is 0.280. The van der Waals surface area contributed by atoms with Crippen molar-refractivity contribution in [1.82, 2.24) is 9.88 Å². The number of rotatable bonds is 5. The Morgan fingerprint density at radius 1 is 0.931 bits per heavy atom. The fourth-order valence-corrected chi connectivity index (χ4v) is 3.53. The van der Waals surface area contributed by atoms with Crippen LogP contribution < -0.4 is 5.32 Å². The zero-order chi connectivity index (χ0) is 20.2. The van der Waals surface area contributed by atoms with Crippen LogP contribution in [0.1, 0.15) is 26.3 Å². The molecule has 1 N–H and O–H groups in total. The molecule has 0 atom stereocenters. The summed E-state index contributed by atoms with van der Waals surface area (Å²) in [6.45, 7) is 1.50. The Labute approximate surface area is 174 Å². The van der Waals surface area contributed by atoms with Crippen molar-refractivity contribution in [2.45, 2.75) is 6.42 Å². The van der Waals surface area contributed by atoms with Crippen LogP contribution in [0.25, 0.3) is 0 Å². The highest BCUT2D eigenvalue weighted by molar-refractivity contribution is 6.30. The van der Waals surface area contributed by atoms with Crippen molar-refractivity contribution in [3.05, 3.63) is 94.8 Å². The quantitative estimate of drug-likeness (QED) is 0.688. The van der Waals surface area contributed by atoms with Crippen LogP contribution in [0, 0.1) is 5.92 Å². The van der Waals surface area contributed by atoms with Gasteiger partial charge in [-0.1, -0.05) is 23.7 Å². The summed E-state index contributed by atoms with van der Waals surface area (Å²) in [5.41, 5.74) is 3.04. The van der Waals surface area contributed by atoms with E-state index < -0.39 is 0 Å². The maximum absolute atomic E-state index is 12.6. The van der Waals surface area contributed by atoms with E-state index in [1.165, 1.54) is 5.56 Å². The number of benzene rings is 2. The van der Waals surface area contributed by atoms with Gasteiger partial charge in [-0.2, -0.15) is 0 Å².